The summed E-state index contributed by atoms with van der Waals surface area (Å²) in [6.45, 7) is 1.72. The number of H-pyrrole nitrogens is 1. The van der Waals surface area contributed by atoms with Gasteiger partial charge in [-0.3, -0.25) is 24.2 Å². The highest BCUT2D eigenvalue weighted by Crippen LogP contribution is 2.37. The fraction of sp³-hybridized carbons (Fsp3) is 0.182. The van der Waals surface area contributed by atoms with Crippen molar-refractivity contribution in [3.8, 4) is 11.5 Å². The van der Waals surface area contributed by atoms with E-state index in [-0.39, 0.29) is 12.3 Å². The van der Waals surface area contributed by atoms with Crippen molar-refractivity contribution >= 4 is 62.8 Å². The lowest BCUT2D eigenvalue weighted by molar-refractivity contribution is -0.136. The molecule has 10 nitrogen and oxygen atoms in total. The molecular formula is C22H20BrCl2N5O5. The maximum Gasteiger partial charge on any atom is 0.329 e. The predicted octanol–water partition coefficient (Wildman–Crippen LogP) is 3.77. The Hall–Kier alpha value is -3.28. The Balaban J connectivity index is 1.67. The van der Waals surface area contributed by atoms with E-state index in [0.717, 1.165) is 0 Å². The molecule has 0 saturated carbocycles. The SMILES string of the molecule is COc1cc(/C=N/NC(=O)C(=O)Nc2c(C)n(C)[nH]c2=O)cc(Br)c1OCc1c(Cl)cccc1Cl. The average Bonchev–Trinajstić information content (AvgIpc) is 3.05. The predicted molar refractivity (Wildman–Crippen MR) is 137 cm³/mol. The molecule has 3 rings (SSSR count). The lowest BCUT2D eigenvalue weighted by Gasteiger charge is -2.14. The second-order valence-electron chi connectivity index (χ2n) is 7.14. The molecule has 1 heterocycles. The number of hydrazone groups is 1. The number of nitrogens with zero attached hydrogens (tertiary/aromatic N) is 2. The molecule has 0 fully saturated rings. The van der Waals surface area contributed by atoms with Crippen molar-refractivity contribution < 1.29 is 19.1 Å². The van der Waals surface area contributed by atoms with E-state index in [0.29, 0.717) is 42.8 Å². The van der Waals surface area contributed by atoms with Crippen molar-refractivity contribution in [2.75, 3.05) is 12.4 Å². The van der Waals surface area contributed by atoms with Gasteiger partial charge in [0.2, 0.25) is 0 Å². The van der Waals surface area contributed by atoms with E-state index in [1.165, 1.54) is 18.0 Å². The van der Waals surface area contributed by atoms with Crippen LogP contribution in [0.5, 0.6) is 11.5 Å². The molecule has 0 atom stereocenters. The van der Waals surface area contributed by atoms with Crippen molar-refractivity contribution in [3.05, 3.63) is 72.0 Å². The summed E-state index contributed by atoms with van der Waals surface area (Å²) < 4.78 is 13.3. The number of hydrogen-bond donors (Lipinski definition) is 3. The van der Waals surface area contributed by atoms with Gasteiger partial charge in [-0.2, -0.15) is 5.10 Å². The summed E-state index contributed by atoms with van der Waals surface area (Å²) in [6, 6.07) is 8.46. The minimum atomic E-state index is -1.05. The van der Waals surface area contributed by atoms with Crippen LogP contribution in [0.15, 0.2) is 44.7 Å². The number of benzene rings is 2. The van der Waals surface area contributed by atoms with Crippen LogP contribution in [0.4, 0.5) is 5.69 Å². The number of rotatable bonds is 7. The molecule has 13 heteroatoms. The van der Waals surface area contributed by atoms with E-state index >= 15 is 0 Å². The molecule has 2 aromatic carbocycles. The molecule has 3 aromatic rings. The zero-order chi connectivity index (χ0) is 25.7. The van der Waals surface area contributed by atoms with Crippen molar-refractivity contribution in [3.63, 3.8) is 0 Å². The van der Waals surface area contributed by atoms with Crippen LogP contribution in [0.25, 0.3) is 0 Å². The van der Waals surface area contributed by atoms with Crippen LogP contribution in [0.2, 0.25) is 10.0 Å². The van der Waals surface area contributed by atoms with Gasteiger partial charge in [0.15, 0.2) is 11.5 Å². The van der Waals surface area contributed by atoms with Gasteiger partial charge in [-0.15, -0.1) is 0 Å². The standard InChI is InChI=1S/C22H20BrCl2N5O5/c1-11-18(20(31)29-30(11)2)27-21(32)22(33)28-26-9-12-7-14(23)19(17(8-12)34-3)35-10-13-15(24)5-4-6-16(13)25/h4-9H,10H2,1-3H3,(H,27,32)(H,28,33)(H,29,31)/b26-9+. The van der Waals surface area contributed by atoms with Crippen molar-refractivity contribution in [2.45, 2.75) is 13.5 Å². The maximum atomic E-state index is 12.1. The number of methoxy groups -OCH3 is 1. The van der Waals surface area contributed by atoms with Crippen LogP contribution in [-0.2, 0) is 23.2 Å². The molecule has 35 heavy (non-hydrogen) atoms. The smallest absolute Gasteiger partial charge is 0.329 e. The van der Waals surface area contributed by atoms with Gasteiger partial charge in [0.05, 0.1) is 23.5 Å². The first-order valence-electron chi connectivity index (χ1n) is 9.95. The first-order valence-corrected chi connectivity index (χ1v) is 11.5. The van der Waals surface area contributed by atoms with Crippen LogP contribution in [0.1, 0.15) is 16.8 Å². The summed E-state index contributed by atoms with van der Waals surface area (Å²) in [4.78, 5) is 35.9. The van der Waals surface area contributed by atoms with Gasteiger partial charge in [0.25, 0.3) is 5.56 Å². The fourth-order valence-electron chi connectivity index (χ4n) is 2.93. The van der Waals surface area contributed by atoms with Gasteiger partial charge in [-0.05, 0) is 52.7 Å². The Kier molecular flexibility index (Phi) is 8.60. The monoisotopic (exact) mass is 583 g/mol. The third kappa shape index (κ3) is 6.24. The minimum Gasteiger partial charge on any atom is -0.493 e. The minimum absolute atomic E-state index is 0.0148. The highest BCUT2D eigenvalue weighted by atomic mass is 79.9. The Morgan fingerprint density at radius 1 is 1.23 bits per heavy atom. The average molecular weight is 585 g/mol. The molecule has 0 bridgehead atoms. The number of carbonyl (C=O) groups excluding carboxylic acids is 2. The number of halogens is 3. The molecule has 1 aromatic heterocycles. The van der Waals surface area contributed by atoms with Gasteiger partial charge in [0, 0.05) is 22.7 Å². The summed E-state index contributed by atoms with van der Waals surface area (Å²) in [5.41, 5.74) is 3.21. The topological polar surface area (TPSA) is 127 Å². The number of anilines is 1. The number of amides is 2. The molecule has 2 amide bonds. The third-order valence-electron chi connectivity index (χ3n) is 4.86. The first kappa shape index (κ1) is 26.3. The normalized spacial score (nSPS) is 10.9. The molecule has 0 saturated heterocycles. The van der Waals surface area contributed by atoms with Crippen molar-refractivity contribution in [1.82, 2.24) is 15.2 Å². The van der Waals surface area contributed by atoms with Crippen LogP contribution < -0.4 is 25.8 Å². The molecule has 0 spiro atoms. The molecule has 0 unspecified atom stereocenters. The molecular weight excluding hydrogens is 565 g/mol. The van der Waals surface area contributed by atoms with E-state index in [1.807, 2.05) is 0 Å². The number of aryl methyl sites for hydroxylation is 1. The molecule has 0 radical (unpaired) electrons. The summed E-state index contributed by atoms with van der Waals surface area (Å²) in [7, 11) is 3.07. The van der Waals surface area contributed by atoms with E-state index < -0.39 is 17.4 Å². The summed E-state index contributed by atoms with van der Waals surface area (Å²) in [5.74, 6) is -1.30. The quantitative estimate of drug-likeness (QED) is 0.221. The highest BCUT2D eigenvalue weighted by Gasteiger charge is 2.18. The molecule has 3 N–H and O–H groups in total. The Bertz CT molecular complexity index is 1350. The molecule has 0 aliphatic carbocycles. The second-order valence-corrected chi connectivity index (χ2v) is 8.81. The number of hydrogen-bond acceptors (Lipinski definition) is 6. The lowest BCUT2D eigenvalue weighted by atomic mass is 10.2. The third-order valence-corrected chi connectivity index (χ3v) is 6.16. The molecule has 0 aliphatic heterocycles. The van der Waals surface area contributed by atoms with Gasteiger partial charge in [-0.25, -0.2) is 5.43 Å². The van der Waals surface area contributed by atoms with Gasteiger partial charge in [-0.1, -0.05) is 29.3 Å². The Morgan fingerprint density at radius 3 is 2.51 bits per heavy atom. The highest BCUT2D eigenvalue weighted by molar-refractivity contribution is 9.10. The number of aromatic amines is 1. The van der Waals surface area contributed by atoms with E-state index in [9.17, 15) is 14.4 Å². The maximum absolute atomic E-state index is 12.1. The van der Waals surface area contributed by atoms with Crippen molar-refractivity contribution in [1.29, 1.82) is 0 Å². The Morgan fingerprint density at radius 2 is 1.91 bits per heavy atom. The number of ether oxygens (including phenoxy) is 2. The number of carbonyl (C=O) groups is 2. The Labute approximate surface area is 218 Å². The number of aromatic nitrogens is 2. The van der Waals surface area contributed by atoms with Crippen LogP contribution >= 0.6 is 39.1 Å². The second kappa shape index (κ2) is 11.4. The zero-order valence-corrected chi connectivity index (χ0v) is 21.8. The summed E-state index contributed by atoms with van der Waals surface area (Å²) >= 11 is 15.8. The van der Waals surface area contributed by atoms with Gasteiger partial charge in [0.1, 0.15) is 12.3 Å². The van der Waals surface area contributed by atoms with Gasteiger partial charge < -0.3 is 14.8 Å². The van der Waals surface area contributed by atoms with Crippen LogP contribution in [-0.4, -0.2) is 34.9 Å². The molecule has 184 valence electrons. The molecule has 0 aliphatic rings. The van der Waals surface area contributed by atoms with Gasteiger partial charge >= 0.3 is 11.8 Å². The first-order chi connectivity index (χ1) is 16.6. The van der Waals surface area contributed by atoms with E-state index in [1.54, 1.807) is 44.3 Å². The summed E-state index contributed by atoms with van der Waals surface area (Å²) in [6.07, 6.45) is 1.31. The van der Waals surface area contributed by atoms with Crippen LogP contribution in [0, 0.1) is 6.92 Å². The van der Waals surface area contributed by atoms with E-state index in [4.69, 9.17) is 32.7 Å². The van der Waals surface area contributed by atoms with Crippen molar-refractivity contribution in [2.24, 2.45) is 12.1 Å². The van der Waals surface area contributed by atoms with Crippen LogP contribution in [0.3, 0.4) is 0 Å². The lowest BCUT2D eigenvalue weighted by Crippen LogP contribution is -2.33. The number of nitrogens with one attached hydrogen (secondary N) is 3. The fourth-order valence-corrected chi connectivity index (χ4v) is 4.01. The zero-order valence-electron chi connectivity index (χ0n) is 18.7. The largest absolute Gasteiger partial charge is 0.493 e. The summed E-state index contributed by atoms with van der Waals surface area (Å²) in [5, 5.41) is 9.48. The van der Waals surface area contributed by atoms with E-state index in [2.05, 4.69) is 36.9 Å².